The lowest BCUT2D eigenvalue weighted by atomic mass is 9.91. The van der Waals surface area contributed by atoms with Gasteiger partial charge in [0.15, 0.2) is 0 Å². The van der Waals surface area contributed by atoms with Crippen LogP contribution in [0.2, 0.25) is 0 Å². The van der Waals surface area contributed by atoms with E-state index in [2.05, 4.69) is 26.1 Å². The van der Waals surface area contributed by atoms with Crippen molar-refractivity contribution in [2.75, 3.05) is 13.1 Å². The normalized spacial score (nSPS) is 22.0. The number of amides is 1. The predicted octanol–water partition coefficient (Wildman–Crippen LogP) is 3.16. The first-order valence-corrected chi connectivity index (χ1v) is 9.41. The maximum atomic E-state index is 13.0. The lowest BCUT2D eigenvalue weighted by Gasteiger charge is -2.25. The van der Waals surface area contributed by atoms with Gasteiger partial charge in [0.2, 0.25) is 5.91 Å². The van der Waals surface area contributed by atoms with Crippen molar-refractivity contribution in [1.82, 2.24) is 10.2 Å². The van der Waals surface area contributed by atoms with E-state index >= 15 is 0 Å². The van der Waals surface area contributed by atoms with Gasteiger partial charge in [-0.25, -0.2) is 0 Å². The van der Waals surface area contributed by atoms with Gasteiger partial charge in [0.1, 0.15) is 5.60 Å². The third kappa shape index (κ3) is 5.07. The highest BCUT2D eigenvalue weighted by Gasteiger charge is 2.43. The number of hydrogen-bond acceptors (Lipinski definition) is 4. The van der Waals surface area contributed by atoms with E-state index in [-0.39, 0.29) is 36.4 Å². The molecular formula is C21H32N2O3. The molecule has 0 spiro atoms. The van der Waals surface area contributed by atoms with Gasteiger partial charge in [0.25, 0.3) is 0 Å². The van der Waals surface area contributed by atoms with Crippen LogP contribution in [0.4, 0.5) is 0 Å². The van der Waals surface area contributed by atoms with Gasteiger partial charge in [0, 0.05) is 12.5 Å². The lowest BCUT2D eigenvalue weighted by Crippen LogP contribution is -2.45. The van der Waals surface area contributed by atoms with Crippen LogP contribution in [0.25, 0.3) is 0 Å². The van der Waals surface area contributed by atoms with Gasteiger partial charge in [-0.2, -0.15) is 0 Å². The highest BCUT2D eigenvalue weighted by atomic mass is 16.6. The van der Waals surface area contributed by atoms with Crippen molar-refractivity contribution in [2.45, 2.75) is 59.2 Å². The molecule has 1 aromatic carbocycles. The summed E-state index contributed by atoms with van der Waals surface area (Å²) in [6, 6.07) is 9.71. The Balaban J connectivity index is 2.08. The molecule has 1 saturated heterocycles. The maximum Gasteiger partial charge on any atom is 0.320 e. The quantitative estimate of drug-likeness (QED) is 0.792. The Kier molecular flexibility index (Phi) is 6.45. The number of hydrogen-bond donors (Lipinski definition) is 1. The lowest BCUT2D eigenvalue weighted by molar-refractivity contribution is -0.153. The fraction of sp³-hybridized carbons (Fsp3) is 0.619. The van der Waals surface area contributed by atoms with E-state index in [1.54, 1.807) is 0 Å². The van der Waals surface area contributed by atoms with Crippen LogP contribution in [0.15, 0.2) is 30.3 Å². The average molecular weight is 360 g/mol. The van der Waals surface area contributed by atoms with Crippen LogP contribution < -0.4 is 5.32 Å². The minimum Gasteiger partial charge on any atom is -0.459 e. The van der Waals surface area contributed by atoms with Crippen LogP contribution in [0.3, 0.4) is 0 Å². The van der Waals surface area contributed by atoms with Gasteiger partial charge < -0.3 is 9.64 Å². The van der Waals surface area contributed by atoms with Crippen LogP contribution in [0.5, 0.6) is 0 Å². The summed E-state index contributed by atoms with van der Waals surface area (Å²) >= 11 is 0. The van der Waals surface area contributed by atoms with E-state index < -0.39 is 5.60 Å². The molecule has 144 valence electrons. The largest absolute Gasteiger partial charge is 0.459 e. The molecule has 26 heavy (non-hydrogen) atoms. The maximum absolute atomic E-state index is 13.0. The van der Waals surface area contributed by atoms with Crippen LogP contribution in [0, 0.1) is 11.8 Å². The molecule has 1 N–H and O–H groups in total. The molecule has 1 aliphatic rings. The molecule has 0 bridgehead atoms. The molecule has 3 atom stereocenters. The van der Waals surface area contributed by atoms with Crippen molar-refractivity contribution in [3.8, 4) is 0 Å². The molecule has 5 heteroatoms. The van der Waals surface area contributed by atoms with Crippen LogP contribution in [0.1, 0.15) is 53.1 Å². The Morgan fingerprint density at radius 3 is 2.38 bits per heavy atom. The summed E-state index contributed by atoms with van der Waals surface area (Å²) in [6.45, 7) is 12.6. The third-order valence-electron chi connectivity index (χ3n) is 4.88. The molecule has 1 aromatic rings. The number of ether oxygens (including phenoxy) is 1. The van der Waals surface area contributed by atoms with Crippen molar-refractivity contribution in [1.29, 1.82) is 0 Å². The van der Waals surface area contributed by atoms with E-state index in [0.29, 0.717) is 12.5 Å². The van der Waals surface area contributed by atoms with E-state index in [9.17, 15) is 9.59 Å². The Morgan fingerprint density at radius 2 is 1.85 bits per heavy atom. The first-order valence-electron chi connectivity index (χ1n) is 9.41. The zero-order valence-electron chi connectivity index (χ0n) is 16.8. The molecule has 1 amide bonds. The van der Waals surface area contributed by atoms with E-state index in [0.717, 1.165) is 5.56 Å². The summed E-state index contributed by atoms with van der Waals surface area (Å²) in [5.41, 5.74) is 0.597. The van der Waals surface area contributed by atoms with E-state index in [4.69, 9.17) is 4.74 Å². The number of likely N-dealkylation sites (tertiary alicyclic amines) is 1. The molecule has 1 heterocycles. The molecular weight excluding hydrogens is 328 g/mol. The zero-order chi connectivity index (χ0) is 19.5. The van der Waals surface area contributed by atoms with E-state index in [1.807, 2.05) is 56.0 Å². The van der Waals surface area contributed by atoms with Gasteiger partial charge in [-0.1, -0.05) is 44.2 Å². The van der Waals surface area contributed by atoms with Gasteiger partial charge in [-0.15, -0.1) is 0 Å². The van der Waals surface area contributed by atoms with Crippen LogP contribution >= 0.6 is 0 Å². The van der Waals surface area contributed by atoms with Crippen molar-refractivity contribution >= 4 is 11.9 Å². The predicted molar refractivity (Wildman–Crippen MR) is 103 cm³/mol. The number of nitrogens with zero attached hydrogens (tertiary/aromatic N) is 1. The Bertz CT molecular complexity index is 622. The Hall–Kier alpha value is -1.88. The molecule has 0 saturated carbocycles. The first kappa shape index (κ1) is 20.4. The van der Waals surface area contributed by atoms with Crippen molar-refractivity contribution in [3.63, 3.8) is 0 Å². The molecule has 2 rings (SSSR count). The number of esters is 1. The number of benzene rings is 1. The summed E-state index contributed by atoms with van der Waals surface area (Å²) in [6.07, 6.45) is 0. The Morgan fingerprint density at radius 1 is 1.23 bits per heavy atom. The summed E-state index contributed by atoms with van der Waals surface area (Å²) < 4.78 is 5.35. The van der Waals surface area contributed by atoms with Crippen molar-refractivity contribution < 1.29 is 14.3 Å². The number of carbonyl (C=O) groups is 2. The first-order chi connectivity index (χ1) is 12.1. The van der Waals surface area contributed by atoms with Gasteiger partial charge in [0.05, 0.1) is 18.6 Å². The second-order valence-corrected chi connectivity index (χ2v) is 8.43. The van der Waals surface area contributed by atoms with Crippen LogP contribution in [-0.2, 0) is 14.3 Å². The molecule has 1 aliphatic heterocycles. The minimum atomic E-state index is -0.524. The summed E-state index contributed by atoms with van der Waals surface area (Å²) in [5.74, 6) is 0.227. The monoisotopic (exact) mass is 360 g/mol. The minimum absolute atomic E-state index is 0.0123. The SMILES string of the molecule is CC(C)[C@H]1CN([C@H](C)c2ccccc2)C(=O)[C@H]1NCC(=O)OC(C)(C)C. The average Bonchev–Trinajstić information content (AvgIpc) is 2.88. The van der Waals surface area contributed by atoms with Crippen molar-refractivity contribution in [3.05, 3.63) is 35.9 Å². The fourth-order valence-corrected chi connectivity index (χ4v) is 3.45. The topological polar surface area (TPSA) is 58.6 Å². The second kappa shape index (κ2) is 8.21. The summed E-state index contributed by atoms with van der Waals surface area (Å²) in [5, 5.41) is 3.16. The molecule has 0 aromatic heterocycles. The van der Waals surface area contributed by atoms with Gasteiger partial charge >= 0.3 is 5.97 Å². The summed E-state index contributed by atoms with van der Waals surface area (Å²) in [7, 11) is 0. The second-order valence-electron chi connectivity index (χ2n) is 8.43. The number of carbonyl (C=O) groups excluding carboxylic acids is 2. The highest BCUT2D eigenvalue weighted by Crippen LogP contribution is 2.32. The molecule has 0 radical (unpaired) electrons. The van der Waals surface area contributed by atoms with Gasteiger partial charge in [-0.3, -0.25) is 14.9 Å². The molecule has 0 aliphatic carbocycles. The standard InChI is InChI=1S/C21H32N2O3/c1-14(2)17-13-23(15(3)16-10-8-7-9-11-16)20(25)19(17)22-12-18(24)26-21(4,5)6/h7-11,14-15,17,19,22H,12-13H2,1-6H3/t15-,17-,19+/m1/s1. The number of nitrogens with one attached hydrogen (secondary N) is 1. The van der Waals surface area contributed by atoms with E-state index in [1.165, 1.54) is 0 Å². The summed E-state index contributed by atoms with van der Waals surface area (Å²) in [4.78, 5) is 27.0. The number of rotatable bonds is 6. The molecule has 0 unspecified atom stereocenters. The van der Waals surface area contributed by atoms with Gasteiger partial charge in [-0.05, 0) is 39.2 Å². The van der Waals surface area contributed by atoms with Crippen molar-refractivity contribution in [2.24, 2.45) is 11.8 Å². The molecule has 5 nitrogen and oxygen atoms in total. The third-order valence-corrected chi connectivity index (χ3v) is 4.88. The van der Waals surface area contributed by atoms with Crippen LogP contribution in [-0.4, -0.2) is 41.5 Å². The highest BCUT2D eigenvalue weighted by molar-refractivity contribution is 5.85. The fourth-order valence-electron chi connectivity index (χ4n) is 3.45. The Labute approximate surface area is 157 Å². The molecule has 1 fully saturated rings. The zero-order valence-corrected chi connectivity index (χ0v) is 16.8. The smallest absolute Gasteiger partial charge is 0.320 e.